The van der Waals surface area contributed by atoms with Crippen molar-refractivity contribution < 1.29 is 27.9 Å². The fraction of sp³-hybridized carbons (Fsp3) is 0.440. The molecule has 14 heteroatoms. The number of nitrogens with two attached hydrogens (primary N) is 1. The maximum atomic E-state index is 13.8. The molecule has 4 rings (SSSR count). The largest absolute Gasteiger partial charge is 0.462 e. The number of nitrogens with one attached hydrogen (secondary N) is 2. The van der Waals surface area contributed by atoms with Crippen LogP contribution in [0.1, 0.15) is 33.4 Å². The maximum Gasteiger partial charge on any atom is 0.459 e. The zero-order valence-electron chi connectivity index (χ0n) is 22.3. The second kappa shape index (κ2) is 12.1. The van der Waals surface area contributed by atoms with E-state index in [1.807, 2.05) is 0 Å². The number of carbonyl (C=O) groups excluding carboxylic acids is 1. The zero-order valence-corrected chi connectivity index (χ0v) is 23.2. The normalized spacial score (nSPS) is 21.4. The van der Waals surface area contributed by atoms with Crippen molar-refractivity contribution in [1.82, 2.24) is 24.6 Å². The molecule has 1 aliphatic rings. The number of nitrogen functional groups attached to an aromatic ring is 1. The Kier molecular flexibility index (Phi) is 8.86. The SMILES string of the molecule is C=CC1CC(COP(=O)(NC(C)C(=O)OC(C)C)Oc2ccccc2)OC1n1cnc2c(NC)nc(N)nc21. The van der Waals surface area contributed by atoms with Gasteiger partial charge < -0.3 is 25.0 Å². The summed E-state index contributed by atoms with van der Waals surface area (Å²) in [5, 5.41) is 5.65. The Hall–Kier alpha value is -3.51. The molecule has 1 aromatic carbocycles. The Morgan fingerprint density at radius 2 is 2.05 bits per heavy atom. The van der Waals surface area contributed by atoms with Crippen molar-refractivity contribution in [2.75, 3.05) is 24.7 Å². The molecular weight excluding hydrogens is 525 g/mol. The number of fused-ring (bicyclic) bond motifs is 1. The Bertz CT molecular complexity index is 1350. The zero-order chi connectivity index (χ0) is 28.2. The summed E-state index contributed by atoms with van der Waals surface area (Å²) in [5.41, 5.74) is 6.95. The second-order valence-corrected chi connectivity index (χ2v) is 11.0. The van der Waals surface area contributed by atoms with Crippen molar-refractivity contribution in [3.63, 3.8) is 0 Å². The molecule has 0 amide bonds. The highest BCUT2D eigenvalue weighted by Crippen LogP contribution is 2.46. The van der Waals surface area contributed by atoms with Crippen LogP contribution in [0.4, 0.5) is 11.8 Å². The predicted molar refractivity (Wildman–Crippen MR) is 146 cm³/mol. The second-order valence-electron chi connectivity index (χ2n) is 9.32. The molecule has 3 heterocycles. The summed E-state index contributed by atoms with van der Waals surface area (Å²) in [5.74, 6) is 0.196. The van der Waals surface area contributed by atoms with Gasteiger partial charge in [-0.05, 0) is 39.3 Å². The maximum absolute atomic E-state index is 13.8. The number of para-hydroxylation sites is 1. The molecule has 3 aromatic rings. The van der Waals surface area contributed by atoms with E-state index in [-0.39, 0.29) is 24.6 Å². The molecule has 2 aromatic heterocycles. The van der Waals surface area contributed by atoms with E-state index < -0.39 is 32.1 Å². The van der Waals surface area contributed by atoms with Gasteiger partial charge in [-0.15, -0.1) is 6.58 Å². The molecule has 1 aliphatic heterocycles. The molecule has 5 unspecified atom stereocenters. The summed E-state index contributed by atoms with van der Waals surface area (Å²) in [4.78, 5) is 25.3. The molecule has 1 fully saturated rings. The van der Waals surface area contributed by atoms with E-state index >= 15 is 0 Å². The van der Waals surface area contributed by atoms with Gasteiger partial charge in [0.2, 0.25) is 5.95 Å². The first kappa shape index (κ1) is 28.5. The Balaban J connectivity index is 1.51. The first-order chi connectivity index (χ1) is 18.6. The average molecular weight is 560 g/mol. The number of benzene rings is 1. The van der Waals surface area contributed by atoms with E-state index in [0.717, 1.165) is 0 Å². The van der Waals surface area contributed by atoms with Crippen LogP contribution in [0.2, 0.25) is 0 Å². The molecule has 39 heavy (non-hydrogen) atoms. The lowest BCUT2D eigenvalue weighted by molar-refractivity contribution is -0.149. The molecule has 0 aliphatic carbocycles. The summed E-state index contributed by atoms with van der Waals surface area (Å²) in [6, 6.07) is 7.60. The van der Waals surface area contributed by atoms with Gasteiger partial charge in [-0.2, -0.15) is 15.1 Å². The Morgan fingerprint density at radius 3 is 2.72 bits per heavy atom. The minimum atomic E-state index is -4.03. The van der Waals surface area contributed by atoms with Gasteiger partial charge >= 0.3 is 13.7 Å². The first-order valence-electron chi connectivity index (χ1n) is 12.6. The van der Waals surface area contributed by atoms with Crippen LogP contribution in [0.15, 0.2) is 49.3 Å². The van der Waals surface area contributed by atoms with Crippen LogP contribution in [0, 0.1) is 5.92 Å². The van der Waals surface area contributed by atoms with Crippen molar-refractivity contribution in [2.45, 2.75) is 51.7 Å². The predicted octanol–water partition coefficient (Wildman–Crippen LogP) is 3.67. The van der Waals surface area contributed by atoms with Crippen LogP contribution in [0.5, 0.6) is 5.75 Å². The number of anilines is 2. The van der Waals surface area contributed by atoms with E-state index in [1.54, 1.807) is 68.2 Å². The molecule has 0 bridgehead atoms. The molecule has 4 N–H and O–H groups in total. The highest BCUT2D eigenvalue weighted by Gasteiger charge is 2.39. The van der Waals surface area contributed by atoms with Gasteiger partial charge in [-0.25, -0.2) is 9.55 Å². The average Bonchev–Trinajstić information content (AvgIpc) is 3.50. The monoisotopic (exact) mass is 559 g/mol. The van der Waals surface area contributed by atoms with Crippen LogP contribution >= 0.6 is 7.75 Å². The van der Waals surface area contributed by atoms with E-state index in [2.05, 4.69) is 31.9 Å². The minimum absolute atomic E-state index is 0.0879. The van der Waals surface area contributed by atoms with Crippen LogP contribution in [0.25, 0.3) is 11.2 Å². The lowest BCUT2D eigenvalue weighted by Crippen LogP contribution is -2.36. The van der Waals surface area contributed by atoms with Crippen LogP contribution in [-0.4, -0.2) is 57.4 Å². The number of ether oxygens (including phenoxy) is 2. The van der Waals surface area contributed by atoms with Gasteiger partial charge in [-0.3, -0.25) is 13.9 Å². The number of hydrogen-bond acceptors (Lipinski definition) is 11. The molecule has 0 spiro atoms. The highest BCUT2D eigenvalue weighted by atomic mass is 31.2. The van der Waals surface area contributed by atoms with Gasteiger partial charge in [0.05, 0.1) is 25.1 Å². The Morgan fingerprint density at radius 1 is 1.31 bits per heavy atom. The van der Waals surface area contributed by atoms with Crippen LogP contribution in [-0.2, 0) is 23.4 Å². The first-order valence-corrected chi connectivity index (χ1v) is 14.1. The van der Waals surface area contributed by atoms with Crippen molar-refractivity contribution in [2.24, 2.45) is 5.92 Å². The molecule has 5 atom stereocenters. The third-order valence-corrected chi connectivity index (χ3v) is 7.59. The lowest BCUT2D eigenvalue weighted by atomic mass is 10.0. The molecular formula is C25H34N7O6P. The third kappa shape index (κ3) is 6.74. The van der Waals surface area contributed by atoms with E-state index in [9.17, 15) is 9.36 Å². The number of carbonyl (C=O) groups is 1. The van der Waals surface area contributed by atoms with Crippen LogP contribution in [0.3, 0.4) is 0 Å². The van der Waals surface area contributed by atoms with Crippen molar-refractivity contribution in [3.8, 4) is 5.75 Å². The molecule has 0 saturated carbocycles. The number of rotatable bonds is 12. The van der Waals surface area contributed by atoms with Gasteiger partial charge in [0.15, 0.2) is 17.0 Å². The number of esters is 1. The quantitative estimate of drug-likeness (QED) is 0.168. The van der Waals surface area contributed by atoms with E-state index in [0.29, 0.717) is 29.2 Å². The van der Waals surface area contributed by atoms with Gasteiger partial charge in [-0.1, -0.05) is 24.3 Å². The van der Waals surface area contributed by atoms with Gasteiger partial charge in [0, 0.05) is 13.0 Å². The highest BCUT2D eigenvalue weighted by molar-refractivity contribution is 7.52. The number of aromatic nitrogens is 4. The molecule has 210 valence electrons. The fourth-order valence-electron chi connectivity index (χ4n) is 4.17. The standard InChI is InChI=1S/C25H34N7O6P/c1-6-17-12-19(37-23(17)32-14-28-20-21(27-5)29-25(26)30-22(20)32)13-35-39(34,38-18-10-8-7-9-11-18)31-16(4)24(33)36-15(2)3/h6-11,14-17,19,23H,1,12-13H2,2-5H3,(H,31,34)(H3,26,27,29,30). The van der Waals surface area contributed by atoms with E-state index in [1.165, 1.54) is 6.92 Å². The smallest absolute Gasteiger partial charge is 0.459 e. The van der Waals surface area contributed by atoms with Gasteiger partial charge in [0.25, 0.3) is 0 Å². The summed E-state index contributed by atoms with van der Waals surface area (Å²) >= 11 is 0. The summed E-state index contributed by atoms with van der Waals surface area (Å²) in [6.07, 6.45) is 2.58. The van der Waals surface area contributed by atoms with Gasteiger partial charge in [0.1, 0.15) is 18.0 Å². The summed E-state index contributed by atoms with van der Waals surface area (Å²) in [6.45, 7) is 8.85. The van der Waals surface area contributed by atoms with Crippen molar-refractivity contribution in [3.05, 3.63) is 49.3 Å². The van der Waals surface area contributed by atoms with Crippen LogP contribution < -0.4 is 20.7 Å². The topological polar surface area (TPSA) is 165 Å². The van der Waals surface area contributed by atoms with Crippen molar-refractivity contribution >= 4 is 36.6 Å². The lowest BCUT2D eigenvalue weighted by Gasteiger charge is -2.24. The number of hydrogen-bond donors (Lipinski definition) is 3. The minimum Gasteiger partial charge on any atom is -0.462 e. The summed E-state index contributed by atoms with van der Waals surface area (Å²) in [7, 11) is -2.31. The molecule has 13 nitrogen and oxygen atoms in total. The number of imidazole rings is 1. The fourth-order valence-corrected chi connectivity index (χ4v) is 5.70. The molecule has 1 saturated heterocycles. The summed E-state index contributed by atoms with van der Waals surface area (Å²) < 4.78 is 38.6. The Labute approximate surface area is 226 Å². The third-order valence-electron chi connectivity index (χ3n) is 5.94. The van der Waals surface area contributed by atoms with Crippen molar-refractivity contribution in [1.29, 1.82) is 0 Å². The molecule has 0 radical (unpaired) electrons. The van der Waals surface area contributed by atoms with E-state index in [4.69, 9.17) is 24.3 Å². The number of nitrogens with zero attached hydrogens (tertiary/aromatic N) is 4.